The van der Waals surface area contributed by atoms with Gasteiger partial charge in [0.2, 0.25) is 5.91 Å². The largest absolute Gasteiger partial charge is 0.325 e. The van der Waals surface area contributed by atoms with E-state index in [-0.39, 0.29) is 5.91 Å². The van der Waals surface area contributed by atoms with Gasteiger partial charge in [0.1, 0.15) is 0 Å². The van der Waals surface area contributed by atoms with Crippen molar-refractivity contribution in [3.05, 3.63) is 61.5 Å². The molecule has 6 heteroatoms. The van der Waals surface area contributed by atoms with Crippen molar-refractivity contribution in [2.75, 3.05) is 5.32 Å². The Morgan fingerprint density at radius 3 is 2.71 bits per heavy atom. The minimum absolute atomic E-state index is 0.0372. The molecule has 1 N–H and O–H groups in total. The number of hydrogen-bond acceptors (Lipinski definition) is 1. The first-order chi connectivity index (χ1) is 9.97. The van der Waals surface area contributed by atoms with Crippen LogP contribution in [0.1, 0.15) is 22.1 Å². The number of amides is 1. The van der Waals surface area contributed by atoms with Crippen LogP contribution in [0.2, 0.25) is 10.0 Å². The zero-order chi connectivity index (χ0) is 15.1. The molecule has 0 saturated carbocycles. The molecule has 1 aliphatic heterocycles. The Labute approximate surface area is 145 Å². The molecule has 1 amide bonds. The van der Waals surface area contributed by atoms with Gasteiger partial charge >= 0.3 is 0 Å². The van der Waals surface area contributed by atoms with E-state index in [2.05, 4.69) is 21.2 Å². The number of nitrogens with one attached hydrogen (secondary N) is 1. The number of benzene rings is 2. The molecule has 1 aliphatic rings. The summed E-state index contributed by atoms with van der Waals surface area (Å²) < 4.78 is 0.779. The number of carbonyl (C=O) groups excluding carboxylic acids is 1. The Kier molecular flexibility index (Phi) is 4.19. The van der Waals surface area contributed by atoms with Gasteiger partial charge in [0.25, 0.3) is 0 Å². The van der Waals surface area contributed by atoms with Gasteiger partial charge in [-0.1, -0.05) is 35.3 Å². The van der Waals surface area contributed by atoms with E-state index in [9.17, 15) is 4.79 Å². The van der Waals surface area contributed by atoms with Gasteiger partial charge in [-0.25, -0.2) is 0 Å². The van der Waals surface area contributed by atoms with Gasteiger partial charge in [0, 0.05) is 15.2 Å². The lowest BCUT2D eigenvalue weighted by Gasteiger charge is -2.16. The first kappa shape index (κ1) is 15.2. The lowest BCUT2D eigenvalue weighted by molar-refractivity contribution is -0.115. The van der Waals surface area contributed by atoms with Crippen LogP contribution in [0.15, 0.2) is 34.8 Å². The highest BCUT2D eigenvalue weighted by molar-refractivity contribution is 9.10. The molecule has 2 aromatic rings. The van der Waals surface area contributed by atoms with Gasteiger partial charge in [-0.2, -0.15) is 0 Å². The number of alkyl halides is 1. The number of halogens is 4. The molecular formula is C15H9BrCl3NO. The smallest absolute Gasteiger partial charge is 0.228 e. The number of fused-ring (bicyclic) bond motifs is 1. The highest BCUT2D eigenvalue weighted by Gasteiger charge is 2.24. The molecule has 0 aromatic heterocycles. The van der Waals surface area contributed by atoms with E-state index in [4.69, 9.17) is 34.8 Å². The molecule has 0 bridgehead atoms. The third-order valence-corrected chi connectivity index (χ3v) is 5.48. The fourth-order valence-corrected chi connectivity index (χ4v) is 3.71. The van der Waals surface area contributed by atoms with Gasteiger partial charge in [-0.15, -0.1) is 11.6 Å². The topological polar surface area (TPSA) is 29.1 Å². The predicted octanol–water partition coefficient (Wildman–Crippen LogP) is 5.58. The average molecular weight is 406 g/mol. The Morgan fingerprint density at radius 2 is 1.95 bits per heavy atom. The monoisotopic (exact) mass is 403 g/mol. The van der Waals surface area contributed by atoms with Gasteiger partial charge in [-0.3, -0.25) is 4.79 Å². The SMILES string of the molecule is O=C1Cc2cc(C(Cl)c3cccc(Br)c3Cl)c(Cl)cc2N1. The van der Waals surface area contributed by atoms with E-state index in [0.717, 1.165) is 26.9 Å². The van der Waals surface area contributed by atoms with Crippen LogP contribution in [0, 0.1) is 0 Å². The molecule has 3 rings (SSSR count). The molecule has 21 heavy (non-hydrogen) atoms. The van der Waals surface area contributed by atoms with Gasteiger partial charge in [0.15, 0.2) is 0 Å². The summed E-state index contributed by atoms with van der Waals surface area (Å²) in [4.78, 5) is 11.4. The summed E-state index contributed by atoms with van der Waals surface area (Å²) in [7, 11) is 0. The van der Waals surface area contributed by atoms with Gasteiger partial charge in [0.05, 0.1) is 16.8 Å². The van der Waals surface area contributed by atoms with Crippen LogP contribution >= 0.6 is 50.7 Å². The highest BCUT2D eigenvalue weighted by atomic mass is 79.9. The quantitative estimate of drug-likeness (QED) is 0.650. The van der Waals surface area contributed by atoms with E-state index in [1.165, 1.54) is 0 Å². The fraction of sp³-hybridized carbons (Fsp3) is 0.133. The maximum absolute atomic E-state index is 11.4. The van der Waals surface area contributed by atoms with Crippen molar-refractivity contribution in [1.29, 1.82) is 0 Å². The lowest BCUT2D eigenvalue weighted by atomic mass is 10.0. The highest BCUT2D eigenvalue weighted by Crippen LogP contribution is 2.41. The third kappa shape index (κ3) is 2.80. The average Bonchev–Trinajstić information content (AvgIpc) is 2.79. The van der Waals surface area contributed by atoms with E-state index < -0.39 is 5.38 Å². The van der Waals surface area contributed by atoms with Crippen LogP contribution in [0.25, 0.3) is 0 Å². The molecule has 2 nitrogen and oxygen atoms in total. The second-order valence-electron chi connectivity index (χ2n) is 4.76. The van der Waals surface area contributed by atoms with E-state index in [1.807, 2.05) is 24.3 Å². The Morgan fingerprint density at radius 1 is 1.19 bits per heavy atom. The molecule has 2 aromatic carbocycles. The maximum atomic E-state index is 11.4. The van der Waals surface area contributed by atoms with E-state index in [0.29, 0.717) is 16.5 Å². The Bertz CT molecular complexity index is 748. The van der Waals surface area contributed by atoms with Crippen LogP contribution < -0.4 is 5.32 Å². The van der Waals surface area contributed by atoms with Crippen LogP contribution in [0.5, 0.6) is 0 Å². The summed E-state index contributed by atoms with van der Waals surface area (Å²) in [6, 6.07) is 9.18. The number of hydrogen-bond donors (Lipinski definition) is 1. The molecular weight excluding hydrogens is 396 g/mol. The second-order valence-corrected chi connectivity index (χ2v) is 6.84. The Hall–Kier alpha value is -0.740. The minimum Gasteiger partial charge on any atom is -0.325 e. The standard InChI is InChI=1S/C15H9BrCl3NO/c16-10-3-1-2-8(15(10)19)14(18)9-4-7-5-13(21)20-12(7)6-11(9)17/h1-4,6,14H,5H2,(H,20,21). The van der Waals surface area contributed by atoms with E-state index >= 15 is 0 Å². The third-order valence-electron chi connectivity index (χ3n) is 3.38. The lowest BCUT2D eigenvalue weighted by Crippen LogP contribution is -2.03. The van der Waals surface area contributed by atoms with Crippen LogP contribution in [-0.2, 0) is 11.2 Å². The van der Waals surface area contributed by atoms with Crippen molar-refractivity contribution in [3.8, 4) is 0 Å². The van der Waals surface area contributed by atoms with Crippen molar-refractivity contribution in [2.24, 2.45) is 0 Å². The summed E-state index contributed by atoms with van der Waals surface area (Å²) in [5.74, 6) is -0.0372. The molecule has 108 valence electrons. The normalized spacial score (nSPS) is 14.8. The van der Waals surface area contributed by atoms with Crippen molar-refractivity contribution in [2.45, 2.75) is 11.8 Å². The number of carbonyl (C=O) groups is 1. The van der Waals surface area contributed by atoms with Crippen LogP contribution in [0.4, 0.5) is 5.69 Å². The molecule has 1 heterocycles. The minimum atomic E-state index is -0.483. The summed E-state index contributed by atoms with van der Waals surface area (Å²) in [6.07, 6.45) is 0.343. The summed E-state index contributed by atoms with van der Waals surface area (Å²) in [5.41, 5.74) is 3.16. The molecule has 0 spiro atoms. The zero-order valence-corrected chi connectivity index (χ0v) is 14.4. The second kappa shape index (κ2) is 5.81. The molecule has 0 saturated heterocycles. The molecule has 0 radical (unpaired) electrons. The number of rotatable bonds is 2. The molecule has 1 unspecified atom stereocenters. The summed E-state index contributed by atoms with van der Waals surface area (Å²) in [6.45, 7) is 0. The van der Waals surface area contributed by atoms with Crippen molar-refractivity contribution in [1.82, 2.24) is 0 Å². The molecule has 0 fully saturated rings. The predicted molar refractivity (Wildman–Crippen MR) is 90.6 cm³/mol. The van der Waals surface area contributed by atoms with Gasteiger partial charge < -0.3 is 5.32 Å². The fourth-order valence-electron chi connectivity index (χ4n) is 2.35. The number of anilines is 1. The maximum Gasteiger partial charge on any atom is 0.228 e. The van der Waals surface area contributed by atoms with Crippen molar-refractivity contribution in [3.63, 3.8) is 0 Å². The molecule has 0 aliphatic carbocycles. The zero-order valence-electron chi connectivity index (χ0n) is 10.6. The first-order valence-electron chi connectivity index (χ1n) is 6.17. The molecule has 1 atom stereocenters. The van der Waals surface area contributed by atoms with Gasteiger partial charge in [-0.05, 0) is 50.8 Å². The summed E-state index contributed by atoms with van der Waals surface area (Å²) in [5, 5.41) is 3.35. The summed E-state index contributed by atoms with van der Waals surface area (Å²) >= 11 is 22.5. The van der Waals surface area contributed by atoms with Crippen LogP contribution in [0.3, 0.4) is 0 Å². The van der Waals surface area contributed by atoms with Crippen molar-refractivity contribution < 1.29 is 4.79 Å². The first-order valence-corrected chi connectivity index (χ1v) is 8.16. The van der Waals surface area contributed by atoms with Crippen molar-refractivity contribution >= 4 is 62.3 Å². The van der Waals surface area contributed by atoms with E-state index in [1.54, 1.807) is 6.07 Å². The van der Waals surface area contributed by atoms with Crippen LogP contribution in [-0.4, -0.2) is 5.91 Å². The Balaban J connectivity index is 2.06.